The predicted molar refractivity (Wildman–Crippen MR) is 91.1 cm³/mol. The van der Waals surface area contributed by atoms with Crippen LogP contribution >= 0.6 is 0 Å². The molecule has 1 saturated carbocycles. The van der Waals surface area contributed by atoms with E-state index in [-0.39, 0.29) is 29.8 Å². The van der Waals surface area contributed by atoms with Gasteiger partial charge in [0.15, 0.2) is 0 Å². The number of carbonyl (C=O) groups excluding carboxylic acids is 1. The number of carbonyl (C=O) groups is 1. The van der Waals surface area contributed by atoms with E-state index in [2.05, 4.69) is 4.90 Å². The number of benzene rings is 1. The fourth-order valence-electron chi connectivity index (χ4n) is 4.04. The summed E-state index contributed by atoms with van der Waals surface area (Å²) >= 11 is 0. The lowest BCUT2D eigenvalue weighted by atomic mass is 9.99. The van der Waals surface area contributed by atoms with Gasteiger partial charge in [0.25, 0.3) is 0 Å². The summed E-state index contributed by atoms with van der Waals surface area (Å²) < 4.78 is 13.3. The lowest BCUT2D eigenvalue weighted by Gasteiger charge is -2.39. The highest BCUT2D eigenvalue weighted by atomic mass is 19.1. The fraction of sp³-hybridized carbons (Fsp3) is 0.632. The summed E-state index contributed by atoms with van der Waals surface area (Å²) in [6.07, 6.45) is 3.41. The predicted octanol–water partition coefficient (Wildman–Crippen LogP) is 2.06. The molecule has 2 fully saturated rings. The SMILES string of the molecule is C[C@H](Cc1cccc(F)c1)C(=O)N1CCN([C@H]2CCC[C@@H]2O)CC1. The molecule has 24 heavy (non-hydrogen) atoms. The van der Waals surface area contributed by atoms with Crippen molar-refractivity contribution in [2.24, 2.45) is 5.92 Å². The molecule has 0 aromatic heterocycles. The first-order chi connectivity index (χ1) is 11.5. The van der Waals surface area contributed by atoms with Gasteiger partial charge in [0.2, 0.25) is 5.91 Å². The van der Waals surface area contributed by atoms with Crippen molar-refractivity contribution in [1.82, 2.24) is 9.80 Å². The molecule has 1 aromatic rings. The molecule has 3 rings (SSSR count). The average Bonchev–Trinajstić information content (AvgIpc) is 3.00. The summed E-state index contributed by atoms with van der Waals surface area (Å²) in [5.74, 6) is -0.253. The summed E-state index contributed by atoms with van der Waals surface area (Å²) in [5, 5.41) is 10.0. The van der Waals surface area contributed by atoms with Crippen LogP contribution in [-0.2, 0) is 11.2 Å². The number of nitrogens with zero attached hydrogens (tertiary/aromatic N) is 2. The number of amides is 1. The van der Waals surface area contributed by atoms with Crippen LogP contribution in [0, 0.1) is 11.7 Å². The Morgan fingerprint density at radius 1 is 1.29 bits per heavy atom. The van der Waals surface area contributed by atoms with E-state index in [0.717, 1.165) is 51.0 Å². The van der Waals surface area contributed by atoms with Gasteiger partial charge in [-0.15, -0.1) is 0 Å². The van der Waals surface area contributed by atoms with Crippen molar-refractivity contribution in [1.29, 1.82) is 0 Å². The molecule has 132 valence electrons. The lowest BCUT2D eigenvalue weighted by molar-refractivity contribution is -0.137. The van der Waals surface area contributed by atoms with Gasteiger partial charge in [-0.25, -0.2) is 4.39 Å². The van der Waals surface area contributed by atoms with E-state index in [0.29, 0.717) is 6.42 Å². The molecule has 1 N–H and O–H groups in total. The normalized spacial score (nSPS) is 26.5. The summed E-state index contributed by atoms with van der Waals surface area (Å²) in [7, 11) is 0. The van der Waals surface area contributed by atoms with Crippen LogP contribution in [0.3, 0.4) is 0 Å². The van der Waals surface area contributed by atoms with E-state index in [1.165, 1.54) is 12.1 Å². The number of hydrogen-bond donors (Lipinski definition) is 1. The largest absolute Gasteiger partial charge is 0.391 e. The number of halogens is 1. The fourth-order valence-corrected chi connectivity index (χ4v) is 4.04. The molecule has 1 aliphatic heterocycles. The third-order valence-electron chi connectivity index (χ3n) is 5.39. The maximum atomic E-state index is 13.3. The van der Waals surface area contributed by atoms with Gasteiger partial charge in [0, 0.05) is 38.1 Å². The summed E-state index contributed by atoms with van der Waals surface area (Å²) in [6.45, 7) is 5.02. The van der Waals surface area contributed by atoms with Gasteiger partial charge in [0.05, 0.1) is 6.10 Å². The molecule has 1 saturated heterocycles. The van der Waals surface area contributed by atoms with Crippen LogP contribution in [0.25, 0.3) is 0 Å². The Bertz CT molecular complexity index is 572. The third-order valence-corrected chi connectivity index (χ3v) is 5.39. The number of rotatable bonds is 4. The zero-order valence-electron chi connectivity index (χ0n) is 14.3. The van der Waals surface area contributed by atoms with Crippen molar-refractivity contribution in [3.8, 4) is 0 Å². The van der Waals surface area contributed by atoms with Crippen molar-refractivity contribution in [3.63, 3.8) is 0 Å². The highest BCUT2D eigenvalue weighted by molar-refractivity contribution is 5.79. The zero-order valence-corrected chi connectivity index (χ0v) is 14.3. The van der Waals surface area contributed by atoms with E-state index in [9.17, 15) is 14.3 Å². The number of aliphatic hydroxyl groups excluding tert-OH is 1. The molecule has 0 bridgehead atoms. The first kappa shape index (κ1) is 17.4. The quantitative estimate of drug-likeness (QED) is 0.917. The Morgan fingerprint density at radius 3 is 2.67 bits per heavy atom. The average molecular weight is 334 g/mol. The van der Waals surface area contributed by atoms with Crippen LogP contribution in [0.1, 0.15) is 31.7 Å². The molecule has 0 spiro atoms. The van der Waals surface area contributed by atoms with Crippen LogP contribution in [0.15, 0.2) is 24.3 Å². The van der Waals surface area contributed by atoms with E-state index >= 15 is 0 Å². The van der Waals surface area contributed by atoms with Crippen LogP contribution in [0.5, 0.6) is 0 Å². The highest BCUT2D eigenvalue weighted by Crippen LogP contribution is 2.25. The van der Waals surface area contributed by atoms with Gasteiger partial charge < -0.3 is 10.0 Å². The first-order valence-electron chi connectivity index (χ1n) is 9.00. The Labute approximate surface area is 143 Å². The van der Waals surface area contributed by atoms with Crippen molar-refractivity contribution in [3.05, 3.63) is 35.6 Å². The third kappa shape index (κ3) is 3.95. The topological polar surface area (TPSA) is 43.8 Å². The second-order valence-electron chi connectivity index (χ2n) is 7.16. The maximum Gasteiger partial charge on any atom is 0.225 e. The monoisotopic (exact) mass is 334 g/mol. The molecule has 1 aliphatic carbocycles. The van der Waals surface area contributed by atoms with Gasteiger partial charge in [-0.1, -0.05) is 19.1 Å². The molecule has 3 atom stereocenters. The second-order valence-corrected chi connectivity index (χ2v) is 7.16. The molecule has 1 amide bonds. The second kappa shape index (κ2) is 7.62. The summed E-state index contributed by atoms with van der Waals surface area (Å²) in [6, 6.07) is 6.75. The van der Waals surface area contributed by atoms with Crippen molar-refractivity contribution >= 4 is 5.91 Å². The zero-order chi connectivity index (χ0) is 17.1. The van der Waals surface area contributed by atoms with E-state index in [1.54, 1.807) is 6.07 Å². The van der Waals surface area contributed by atoms with Crippen LogP contribution < -0.4 is 0 Å². The molecule has 1 aromatic carbocycles. The molecule has 1 heterocycles. The first-order valence-corrected chi connectivity index (χ1v) is 9.00. The van der Waals surface area contributed by atoms with Gasteiger partial charge in [-0.3, -0.25) is 9.69 Å². The molecular formula is C19H27FN2O2. The van der Waals surface area contributed by atoms with Gasteiger partial charge in [-0.2, -0.15) is 0 Å². The number of hydrogen-bond acceptors (Lipinski definition) is 3. The van der Waals surface area contributed by atoms with Gasteiger partial charge in [-0.05, 0) is 43.4 Å². The summed E-state index contributed by atoms with van der Waals surface area (Å²) in [5.41, 5.74) is 0.864. The lowest BCUT2D eigenvalue weighted by Crippen LogP contribution is -2.54. The van der Waals surface area contributed by atoms with Crippen LogP contribution in [-0.4, -0.2) is 59.1 Å². The Hall–Kier alpha value is -1.46. The minimum Gasteiger partial charge on any atom is -0.391 e. The van der Waals surface area contributed by atoms with Crippen molar-refractivity contribution in [2.75, 3.05) is 26.2 Å². The summed E-state index contributed by atoms with van der Waals surface area (Å²) in [4.78, 5) is 16.9. The molecule has 4 nitrogen and oxygen atoms in total. The minimum absolute atomic E-state index is 0.143. The van der Waals surface area contributed by atoms with Crippen LogP contribution in [0.2, 0.25) is 0 Å². The van der Waals surface area contributed by atoms with Crippen molar-refractivity contribution < 1.29 is 14.3 Å². The smallest absolute Gasteiger partial charge is 0.225 e. The number of piperazine rings is 1. The van der Waals surface area contributed by atoms with E-state index in [1.807, 2.05) is 17.9 Å². The molecule has 0 unspecified atom stereocenters. The van der Waals surface area contributed by atoms with Gasteiger partial charge in [0.1, 0.15) is 5.82 Å². The Morgan fingerprint density at radius 2 is 2.04 bits per heavy atom. The van der Waals surface area contributed by atoms with Crippen molar-refractivity contribution in [2.45, 2.75) is 44.8 Å². The van der Waals surface area contributed by atoms with E-state index < -0.39 is 0 Å². The molecule has 5 heteroatoms. The number of aliphatic hydroxyl groups is 1. The molecular weight excluding hydrogens is 307 g/mol. The van der Waals surface area contributed by atoms with Gasteiger partial charge >= 0.3 is 0 Å². The molecule has 0 radical (unpaired) electrons. The standard InChI is InChI=1S/C19H27FN2O2/c1-14(12-15-4-2-5-16(20)13-15)19(24)22-10-8-21(9-11-22)17-6-3-7-18(17)23/h2,4-5,13-14,17-18,23H,3,6-12H2,1H3/t14-,17+,18+/m1/s1. The molecule has 2 aliphatic rings. The maximum absolute atomic E-state index is 13.3. The Kier molecular flexibility index (Phi) is 5.51. The Balaban J connectivity index is 1.51. The highest BCUT2D eigenvalue weighted by Gasteiger charge is 2.33. The minimum atomic E-state index is -0.254. The van der Waals surface area contributed by atoms with E-state index in [4.69, 9.17) is 0 Å². The van der Waals surface area contributed by atoms with Crippen LogP contribution in [0.4, 0.5) is 4.39 Å².